The summed E-state index contributed by atoms with van der Waals surface area (Å²) >= 11 is 0. The Kier molecular flexibility index (Phi) is 5.42. The van der Waals surface area contributed by atoms with Crippen LogP contribution in [0.2, 0.25) is 0 Å². The van der Waals surface area contributed by atoms with Crippen LogP contribution in [0.3, 0.4) is 0 Å². The van der Waals surface area contributed by atoms with Crippen molar-refractivity contribution in [2.75, 3.05) is 0 Å². The van der Waals surface area contributed by atoms with Crippen LogP contribution >= 0.6 is 0 Å². The fourth-order valence-corrected chi connectivity index (χ4v) is 3.09. The molecule has 0 aliphatic heterocycles. The van der Waals surface area contributed by atoms with Crippen LogP contribution in [-0.4, -0.2) is 37.5 Å². The van der Waals surface area contributed by atoms with Crippen molar-refractivity contribution in [3.8, 4) is 0 Å². The fourth-order valence-electron chi connectivity index (χ4n) is 3.09. The molecule has 1 aromatic heterocycles. The molecule has 0 aliphatic rings. The zero-order chi connectivity index (χ0) is 17.1. The Bertz CT molecular complexity index is 668. The van der Waals surface area contributed by atoms with Gasteiger partial charge in [0.1, 0.15) is 18.5 Å². The number of rotatable bonds is 6. The van der Waals surface area contributed by atoms with Gasteiger partial charge < -0.3 is 14.6 Å². The highest BCUT2D eigenvalue weighted by Crippen LogP contribution is 2.23. The number of carbonyl (C=O) groups excluding carboxylic acids is 1. The molecule has 1 amide bonds. The van der Waals surface area contributed by atoms with Crippen molar-refractivity contribution in [3.05, 3.63) is 30.1 Å². The molecule has 0 aliphatic carbocycles. The van der Waals surface area contributed by atoms with Crippen molar-refractivity contribution < 1.29 is 9.90 Å². The average molecular weight is 317 g/mol. The highest BCUT2D eigenvalue weighted by molar-refractivity contribution is 5.81. The summed E-state index contributed by atoms with van der Waals surface area (Å²) in [5.41, 5.74) is 1.69. The van der Waals surface area contributed by atoms with Crippen molar-refractivity contribution in [2.45, 2.75) is 65.8 Å². The van der Waals surface area contributed by atoms with Crippen molar-refractivity contribution >= 4 is 16.9 Å². The van der Waals surface area contributed by atoms with Gasteiger partial charge >= 0.3 is 0 Å². The molecule has 0 fully saturated rings. The highest BCUT2D eigenvalue weighted by atomic mass is 16.3. The van der Waals surface area contributed by atoms with Crippen LogP contribution in [0.4, 0.5) is 0 Å². The molecule has 0 saturated carbocycles. The standard InChI is InChI=1S/C18H27N3O2/c1-6-16(22)18-19-14-9-7-8-10-15(14)20(18)11-17(23)21(12(2)3)13(4)5/h7-10,12-13,16,22H,6,11H2,1-5H3. The SMILES string of the molecule is CCC(O)c1nc2ccccc2n1CC(=O)N(C(C)C)C(C)C. The third-order valence-corrected chi connectivity index (χ3v) is 4.06. The third-order valence-electron chi connectivity index (χ3n) is 4.06. The summed E-state index contributed by atoms with van der Waals surface area (Å²) in [5.74, 6) is 0.609. The summed E-state index contributed by atoms with van der Waals surface area (Å²) in [6.45, 7) is 10.2. The quantitative estimate of drug-likeness (QED) is 0.890. The van der Waals surface area contributed by atoms with Crippen LogP contribution in [0.15, 0.2) is 24.3 Å². The first-order valence-corrected chi connectivity index (χ1v) is 8.31. The normalized spacial score (nSPS) is 13.0. The monoisotopic (exact) mass is 317 g/mol. The summed E-state index contributed by atoms with van der Waals surface area (Å²) in [7, 11) is 0. The number of aromatic nitrogens is 2. The number of para-hydroxylation sites is 2. The van der Waals surface area contributed by atoms with Crippen LogP contribution in [0.5, 0.6) is 0 Å². The van der Waals surface area contributed by atoms with Gasteiger partial charge in [0, 0.05) is 12.1 Å². The molecule has 1 N–H and O–H groups in total. The Balaban J connectivity index is 2.43. The summed E-state index contributed by atoms with van der Waals surface area (Å²) < 4.78 is 1.85. The molecule has 0 saturated heterocycles. The summed E-state index contributed by atoms with van der Waals surface area (Å²) in [4.78, 5) is 19.2. The maximum Gasteiger partial charge on any atom is 0.243 e. The predicted octanol–water partition coefficient (Wildman–Crippen LogP) is 3.13. The lowest BCUT2D eigenvalue weighted by molar-refractivity contribution is -0.135. The van der Waals surface area contributed by atoms with Crippen LogP contribution in [0.25, 0.3) is 11.0 Å². The smallest absolute Gasteiger partial charge is 0.243 e. The molecule has 1 unspecified atom stereocenters. The minimum atomic E-state index is -0.665. The molecule has 1 heterocycles. The van der Waals surface area contributed by atoms with Crippen molar-refractivity contribution in [1.29, 1.82) is 0 Å². The number of aliphatic hydroxyl groups excluding tert-OH is 1. The maximum atomic E-state index is 12.8. The minimum absolute atomic E-state index is 0.0442. The van der Waals surface area contributed by atoms with E-state index in [-0.39, 0.29) is 24.5 Å². The van der Waals surface area contributed by atoms with E-state index in [4.69, 9.17) is 0 Å². The van der Waals surface area contributed by atoms with Gasteiger partial charge in [-0.25, -0.2) is 4.98 Å². The van der Waals surface area contributed by atoms with Gasteiger partial charge in [0.2, 0.25) is 5.91 Å². The molecule has 0 spiro atoms. The Hall–Kier alpha value is -1.88. The molecule has 5 nitrogen and oxygen atoms in total. The molecule has 126 valence electrons. The van der Waals surface area contributed by atoms with E-state index in [1.165, 1.54) is 0 Å². The lowest BCUT2D eigenvalue weighted by atomic mass is 10.2. The number of fused-ring (bicyclic) bond motifs is 1. The number of hydrogen-bond donors (Lipinski definition) is 1. The van der Waals surface area contributed by atoms with Gasteiger partial charge in [-0.15, -0.1) is 0 Å². The molecular weight excluding hydrogens is 290 g/mol. The van der Waals surface area contributed by atoms with Crippen LogP contribution in [0, 0.1) is 0 Å². The van der Waals surface area contributed by atoms with E-state index in [2.05, 4.69) is 4.98 Å². The van der Waals surface area contributed by atoms with Crippen LogP contribution in [-0.2, 0) is 11.3 Å². The van der Waals surface area contributed by atoms with Gasteiger partial charge in [0.25, 0.3) is 0 Å². The maximum absolute atomic E-state index is 12.8. The Morgan fingerprint density at radius 1 is 1.22 bits per heavy atom. The molecule has 0 radical (unpaired) electrons. The van der Waals surface area contributed by atoms with Gasteiger partial charge in [-0.1, -0.05) is 19.1 Å². The molecule has 2 rings (SSSR count). The summed E-state index contributed by atoms with van der Waals surface area (Å²) in [6.07, 6.45) is -0.1000. The van der Waals surface area contributed by atoms with E-state index < -0.39 is 6.10 Å². The number of nitrogens with zero attached hydrogens (tertiary/aromatic N) is 3. The van der Waals surface area contributed by atoms with Crippen molar-refractivity contribution in [3.63, 3.8) is 0 Å². The van der Waals surface area contributed by atoms with Crippen LogP contribution in [0.1, 0.15) is 53.0 Å². The van der Waals surface area contributed by atoms with Gasteiger partial charge in [-0.05, 0) is 46.2 Å². The topological polar surface area (TPSA) is 58.4 Å². The first-order chi connectivity index (χ1) is 10.9. The average Bonchev–Trinajstić information content (AvgIpc) is 2.84. The highest BCUT2D eigenvalue weighted by Gasteiger charge is 2.24. The Morgan fingerprint density at radius 3 is 2.39 bits per heavy atom. The number of hydrogen-bond acceptors (Lipinski definition) is 3. The van der Waals surface area contributed by atoms with E-state index in [1.54, 1.807) is 0 Å². The molecular formula is C18H27N3O2. The largest absolute Gasteiger partial charge is 0.385 e. The van der Waals surface area contributed by atoms with Gasteiger partial charge in [0.15, 0.2) is 0 Å². The Morgan fingerprint density at radius 2 is 1.83 bits per heavy atom. The number of carbonyl (C=O) groups is 1. The van der Waals surface area contributed by atoms with Crippen molar-refractivity contribution in [2.24, 2.45) is 0 Å². The number of aliphatic hydroxyl groups is 1. The summed E-state index contributed by atoms with van der Waals surface area (Å²) in [5, 5.41) is 10.3. The van der Waals surface area contributed by atoms with Gasteiger partial charge in [-0.3, -0.25) is 4.79 Å². The van der Waals surface area contributed by atoms with E-state index in [0.717, 1.165) is 11.0 Å². The fraction of sp³-hybridized carbons (Fsp3) is 0.556. The molecule has 5 heteroatoms. The van der Waals surface area contributed by atoms with E-state index in [0.29, 0.717) is 12.2 Å². The van der Waals surface area contributed by atoms with E-state index in [1.807, 2.05) is 68.4 Å². The zero-order valence-electron chi connectivity index (χ0n) is 14.7. The van der Waals surface area contributed by atoms with Gasteiger partial charge in [-0.2, -0.15) is 0 Å². The second-order valence-corrected chi connectivity index (χ2v) is 6.46. The zero-order valence-corrected chi connectivity index (χ0v) is 14.7. The lowest BCUT2D eigenvalue weighted by Crippen LogP contribution is -2.43. The minimum Gasteiger partial charge on any atom is -0.385 e. The molecule has 1 atom stereocenters. The third kappa shape index (κ3) is 3.55. The van der Waals surface area contributed by atoms with E-state index >= 15 is 0 Å². The molecule has 1 aromatic carbocycles. The first-order valence-electron chi connectivity index (χ1n) is 8.31. The predicted molar refractivity (Wildman–Crippen MR) is 92.1 cm³/mol. The van der Waals surface area contributed by atoms with Gasteiger partial charge in [0.05, 0.1) is 11.0 Å². The number of imidazole rings is 1. The number of benzene rings is 1. The summed E-state index contributed by atoms with van der Waals surface area (Å²) in [6, 6.07) is 7.96. The second kappa shape index (κ2) is 7.13. The lowest BCUT2D eigenvalue weighted by Gasteiger charge is -2.31. The first kappa shape index (κ1) is 17.5. The number of amides is 1. The van der Waals surface area contributed by atoms with Crippen LogP contribution < -0.4 is 0 Å². The van der Waals surface area contributed by atoms with E-state index in [9.17, 15) is 9.90 Å². The molecule has 0 bridgehead atoms. The van der Waals surface area contributed by atoms with Crippen molar-refractivity contribution in [1.82, 2.24) is 14.5 Å². The molecule has 23 heavy (non-hydrogen) atoms. The second-order valence-electron chi connectivity index (χ2n) is 6.46. The molecule has 2 aromatic rings. The Labute approximate surface area is 137 Å².